The van der Waals surface area contributed by atoms with Crippen molar-refractivity contribution in [1.82, 2.24) is 20.2 Å². The minimum atomic E-state index is -0.800. The van der Waals surface area contributed by atoms with Crippen LogP contribution in [0, 0.1) is 6.92 Å². The molecule has 2 atom stereocenters. The van der Waals surface area contributed by atoms with Gasteiger partial charge in [-0.15, -0.1) is 0 Å². The lowest BCUT2D eigenvalue weighted by molar-refractivity contribution is -0.153. The number of aromatic nitrogens is 2. The molecule has 132 valence electrons. The Morgan fingerprint density at radius 3 is 2.79 bits per heavy atom. The molecular weight excluding hydrogens is 316 g/mol. The van der Waals surface area contributed by atoms with Crippen LogP contribution in [0.5, 0.6) is 0 Å². The number of methoxy groups -OCH3 is 1. The summed E-state index contributed by atoms with van der Waals surface area (Å²) in [5.74, 6) is -0.357. The number of aryl methyl sites for hydroxylation is 1. The van der Waals surface area contributed by atoms with Crippen molar-refractivity contribution in [3.8, 4) is 0 Å². The molecule has 3 heterocycles. The molecule has 0 saturated carbocycles. The number of hydrogen-bond donors (Lipinski definition) is 2. The molecule has 2 aliphatic heterocycles. The SMILES string of the molecule is COC(=O)NC(C)C(=O)N1CC2(CC1c1ncc(C)[nH]1)OCCO2. The van der Waals surface area contributed by atoms with E-state index in [9.17, 15) is 9.59 Å². The summed E-state index contributed by atoms with van der Waals surface area (Å²) >= 11 is 0. The fourth-order valence-corrected chi connectivity index (χ4v) is 3.17. The molecule has 1 spiro atoms. The summed E-state index contributed by atoms with van der Waals surface area (Å²) < 4.78 is 16.1. The number of nitrogens with zero attached hydrogens (tertiary/aromatic N) is 2. The van der Waals surface area contributed by atoms with Gasteiger partial charge in [0.25, 0.3) is 0 Å². The second kappa shape index (κ2) is 6.40. The number of rotatable bonds is 3. The maximum atomic E-state index is 12.8. The summed E-state index contributed by atoms with van der Waals surface area (Å²) in [6.45, 7) is 4.82. The zero-order valence-electron chi connectivity index (χ0n) is 14.0. The van der Waals surface area contributed by atoms with Gasteiger partial charge in [-0.2, -0.15) is 0 Å². The minimum absolute atomic E-state index is 0.240. The summed E-state index contributed by atoms with van der Waals surface area (Å²) in [6.07, 6.45) is 1.56. The third kappa shape index (κ3) is 3.09. The monoisotopic (exact) mass is 338 g/mol. The Hall–Kier alpha value is -2.13. The predicted molar refractivity (Wildman–Crippen MR) is 82.0 cm³/mol. The molecule has 0 aromatic carbocycles. The first-order valence-corrected chi connectivity index (χ1v) is 7.88. The summed E-state index contributed by atoms with van der Waals surface area (Å²) in [5, 5.41) is 2.50. The number of H-pyrrole nitrogens is 1. The number of aromatic amines is 1. The third-order valence-corrected chi connectivity index (χ3v) is 4.32. The standard InChI is InChI=1S/C15H22N4O5/c1-9-7-16-12(17-9)11-6-15(23-4-5-24-15)8-19(11)13(20)10(2)18-14(21)22-3/h7,10-11H,4-6,8H2,1-3H3,(H,16,17)(H,18,21). The van der Waals surface area contributed by atoms with Crippen molar-refractivity contribution in [3.05, 3.63) is 17.7 Å². The maximum absolute atomic E-state index is 12.8. The first-order chi connectivity index (χ1) is 11.4. The van der Waals surface area contributed by atoms with E-state index in [1.807, 2.05) is 6.92 Å². The molecule has 2 saturated heterocycles. The van der Waals surface area contributed by atoms with Crippen molar-refractivity contribution in [1.29, 1.82) is 0 Å². The van der Waals surface area contributed by atoms with Gasteiger partial charge in [-0.25, -0.2) is 9.78 Å². The molecule has 3 rings (SSSR count). The Balaban J connectivity index is 1.82. The normalized spacial score (nSPS) is 23.5. The zero-order chi connectivity index (χ0) is 17.3. The van der Waals surface area contributed by atoms with Crippen LogP contribution in [0.4, 0.5) is 4.79 Å². The van der Waals surface area contributed by atoms with Gasteiger partial charge in [0, 0.05) is 18.3 Å². The minimum Gasteiger partial charge on any atom is -0.453 e. The maximum Gasteiger partial charge on any atom is 0.407 e. The number of likely N-dealkylation sites (tertiary alicyclic amines) is 1. The van der Waals surface area contributed by atoms with Crippen molar-refractivity contribution < 1.29 is 23.8 Å². The highest BCUT2D eigenvalue weighted by Crippen LogP contribution is 2.41. The number of alkyl carbamates (subject to hydrolysis) is 1. The van der Waals surface area contributed by atoms with Gasteiger partial charge in [-0.1, -0.05) is 0 Å². The van der Waals surface area contributed by atoms with E-state index in [1.165, 1.54) is 7.11 Å². The fraction of sp³-hybridized carbons (Fsp3) is 0.667. The lowest BCUT2D eigenvalue weighted by atomic mass is 10.1. The van der Waals surface area contributed by atoms with Gasteiger partial charge < -0.3 is 29.4 Å². The molecular formula is C15H22N4O5. The number of ether oxygens (including phenoxy) is 3. The lowest BCUT2D eigenvalue weighted by Gasteiger charge is -2.26. The lowest BCUT2D eigenvalue weighted by Crippen LogP contribution is -2.48. The van der Waals surface area contributed by atoms with E-state index in [-0.39, 0.29) is 11.9 Å². The Kier molecular flexibility index (Phi) is 4.46. The van der Waals surface area contributed by atoms with Gasteiger partial charge in [-0.05, 0) is 13.8 Å². The van der Waals surface area contributed by atoms with Gasteiger partial charge in [0.15, 0.2) is 5.79 Å². The predicted octanol–water partition coefficient (Wildman–Crippen LogP) is 0.479. The number of carbonyl (C=O) groups is 2. The summed E-state index contributed by atoms with van der Waals surface area (Å²) in [4.78, 5) is 33.4. The van der Waals surface area contributed by atoms with Crippen molar-refractivity contribution in [2.75, 3.05) is 26.9 Å². The highest BCUT2D eigenvalue weighted by atomic mass is 16.7. The van der Waals surface area contributed by atoms with Crippen molar-refractivity contribution in [2.24, 2.45) is 0 Å². The van der Waals surface area contributed by atoms with Crippen molar-refractivity contribution in [2.45, 2.75) is 38.1 Å². The first-order valence-electron chi connectivity index (χ1n) is 7.88. The second-order valence-corrected chi connectivity index (χ2v) is 6.10. The van der Waals surface area contributed by atoms with Crippen LogP contribution < -0.4 is 5.32 Å². The van der Waals surface area contributed by atoms with Crippen molar-refractivity contribution >= 4 is 12.0 Å². The molecule has 0 aliphatic carbocycles. The Bertz CT molecular complexity index is 625. The average Bonchev–Trinajstić information content (AvgIpc) is 3.27. The molecule has 2 fully saturated rings. The van der Waals surface area contributed by atoms with Gasteiger partial charge in [-0.3, -0.25) is 4.79 Å². The highest BCUT2D eigenvalue weighted by molar-refractivity contribution is 5.85. The quantitative estimate of drug-likeness (QED) is 0.830. The van der Waals surface area contributed by atoms with Crippen LogP contribution in [0.15, 0.2) is 6.20 Å². The van der Waals surface area contributed by atoms with Gasteiger partial charge in [0.05, 0.1) is 32.9 Å². The molecule has 2 unspecified atom stereocenters. The number of carbonyl (C=O) groups excluding carboxylic acids is 2. The van der Waals surface area contributed by atoms with Crippen LogP contribution in [0.25, 0.3) is 0 Å². The zero-order valence-corrected chi connectivity index (χ0v) is 14.0. The summed E-state index contributed by atoms with van der Waals surface area (Å²) in [5.41, 5.74) is 0.910. The molecule has 1 aromatic heterocycles. The van der Waals surface area contributed by atoms with E-state index in [0.717, 1.165) is 5.69 Å². The van der Waals surface area contributed by atoms with Gasteiger partial charge in [0.1, 0.15) is 11.9 Å². The van der Waals surface area contributed by atoms with Gasteiger partial charge >= 0.3 is 6.09 Å². The van der Waals surface area contributed by atoms with E-state index >= 15 is 0 Å². The smallest absolute Gasteiger partial charge is 0.407 e. The summed E-state index contributed by atoms with van der Waals surface area (Å²) in [6, 6.07) is -1.03. The molecule has 0 bridgehead atoms. The first kappa shape index (κ1) is 16.7. The number of imidazole rings is 1. The fourth-order valence-electron chi connectivity index (χ4n) is 3.17. The molecule has 1 aromatic rings. The second-order valence-electron chi connectivity index (χ2n) is 6.10. The Labute approximate surface area is 139 Å². The molecule has 2 N–H and O–H groups in total. The largest absolute Gasteiger partial charge is 0.453 e. The molecule has 2 aliphatic rings. The van der Waals surface area contributed by atoms with Gasteiger partial charge in [0.2, 0.25) is 5.91 Å². The molecule has 0 radical (unpaired) electrons. The highest BCUT2D eigenvalue weighted by Gasteiger charge is 2.52. The molecule has 9 nitrogen and oxygen atoms in total. The molecule has 9 heteroatoms. The Morgan fingerprint density at radius 2 is 2.21 bits per heavy atom. The topological polar surface area (TPSA) is 106 Å². The van der Waals surface area contributed by atoms with Crippen LogP contribution >= 0.6 is 0 Å². The molecule has 24 heavy (non-hydrogen) atoms. The Morgan fingerprint density at radius 1 is 1.50 bits per heavy atom. The third-order valence-electron chi connectivity index (χ3n) is 4.32. The number of hydrogen-bond acceptors (Lipinski definition) is 6. The van der Waals surface area contributed by atoms with Crippen LogP contribution in [0.1, 0.15) is 30.9 Å². The van der Waals surface area contributed by atoms with Crippen LogP contribution in [-0.2, 0) is 19.0 Å². The van der Waals surface area contributed by atoms with E-state index in [4.69, 9.17) is 9.47 Å². The average molecular weight is 338 g/mol. The number of nitrogens with one attached hydrogen (secondary N) is 2. The van der Waals surface area contributed by atoms with E-state index in [1.54, 1.807) is 18.0 Å². The van der Waals surface area contributed by atoms with Crippen LogP contribution in [0.3, 0.4) is 0 Å². The van der Waals surface area contributed by atoms with E-state index in [2.05, 4.69) is 20.0 Å². The van der Waals surface area contributed by atoms with Crippen molar-refractivity contribution in [3.63, 3.8) is 0 Å². The molecule has 2 amide bonds. The van der Waals surface area contributed by atoms with E-state index in [0.29, 0.717) is 32.0 Å². The van der Waals surface area contributed by atoms with E-state index < -0.39 is 17.9 Å². The van der Waals surface area contributed by atoms with Crippen LogP contribution in [-0.4, -0.2) is 65.6 Å². The van der Waals surface area contributed by atoms with Crippen LogP contribution in [0.2, 0.25) is 0 Å². The summed E-state index contributed by atoms with van der Waals surface area (Å²) in [7, 11) is 1.26. The number of amides is 2.